The van der Waals surface area contributed by atoms with Crippen molar-refractivity contribution in [1.29, 1.82) is 0 Å². The van der Waals surface area contributed by atoms with Gasteiger partial charge in [0.05, 0.1) is 5.75 Å². The average molecular weight is 265 g/mol. The van der Waals surface area contributed by atoms with Crippen molar-refractivity contribution in [2.75, 3.05) is 11.1 Å². The summed E-state index contributed by atoms with van der Waals surface area (Å²) in [6.07, 6.45) is 0. The number of carbonyl (C=O) groups excluding carboxylic acids is 1. The smallest absolute Gasteiger partial charge is 0.235 e. The molecule has 1 rings (SSSR count). The number of nitrogens with one attached hydrogen (secondary N) is 1. The lowest BCUT2D eigenvalue weighted by atomic mass is 10.3. The molecule has 1 amide bonds. The molecule has 0 aliphatic heterocycles. The van der Waals surface area contributed by atoms with Crippen LogP contribution in [0.5, 0.6) is 0 Å². The molecule has 16 heavy (non-hydrogen) atoms. The van der Waals surface area contributed by atoms with Crippen LogP contribution >= 0.6 is 21.9 Å². The molecule has 0 aliphatic carbocycles. The number of carbonyl (C=O) groups is 1. The van der Waals surface area contributed by atoms with Crippen LogP contribution in [0.3, 0.4) is 0 Å². The first-order chi connectivity index (χ1) is 7.72. The van der Waals surface area contributed by atoms with Crippen molar-refractivity contribution in [3.63, 3.8) is 0 Å². The van der Waals surface area contributed by atoms with E-state index < -0.39 is 0 Å². The SMILES string of the molecule is O=C(CSSOOO)Nc1ccc(F)cc1. The Morgan fingerprint density at radius 1 is 1.44 bits per heavy atom. The van der Waals surface area contributed by atoms with Crippen LogP contribution in [0.25, 0.3) is 0 Å². The van der Waals surface area contributed by atoms with Crippen LogP contribution in [0.2, 0.25) is 0 Å². The topological polar surface area (TPSA) is 67.8 Å². The van der Waals surface area contributed by atoms with Crippen LogP contribution < -0.4 is 5.32 Å². The van der Waals surface area contributed by atoms with E-state index in [0.717, 1.165) is 21.9 Å². The zero-order valence-electron chi connectivity index (χ0n) is 7.88. The highest BCUT2D eigenvalue weighted by Crippen LogP contribution is 2.22. The molecule has 0 aromatic heterocycles. The van der Waals surface area contributed by atoms with Crippen molar-refractivity contribution in [2.24, 2.45) is 0 Å². The molecule has 0 spiro atoms. The predicted molar refractivity (Wildman–Crippen MR) is 59.9 cm³/mol. The van der Waals surface area contributed by atoms with Crippen molar-refractivity contribution in [3.05, 3.63) is 30.1 Å². The maximum absolute atomic E-state index is 12.5. The van der Waals surface area contributed by atoms with Gasteiger partial charge in [-0.2, -0.15) is 0 Å². The van der Waals surface area contributed by atoms with Gasteiger partial charge >= 0.3 is 0 Å². The van der Waals surface area contributed by atoms with Gasteiger partial charge in [-0.05, 0) is 24.3 Å². The molecule has 0 fully saturated rings. The van der Waals surface area contributed by atoms with E-state index in [1.807, 2.05) is 0 Å². The molecule has 1 aromatic carbocycles. The van der Waals surface area contributed by atoms with E-state index in [9.17, 15) is 9.18 Å². The zero-order valence-corrected chi connectivity index (χ0v) is 9.52. The second-order valence-electron chi connectivity index (χ2n) is 2.53. The molecule has 0 unspecified atom stereocenters. The summed E-state index contributed by atoms with van der Waals surface area (Å²) in [4.78, 5) is 11.3. The van der Waals surface area contributed by atoms with Gasteiger partial charge in [0, 0.05) is 5.69 Å². The summed E-state index contributed by atoms with van der Waals surface area (Å²) in [6, 6.07) is 5.41. The Morgan fingerprint density at radius 3 is 2.75 bits per heavy atom. The highest BCUT2D eigenvalue weighted by Gasteiger charge is 2.03. The Bertz CT molecular complexity index is 335. The van der Waals surface area contributed by atoms with Crippen molar-refractivity contribution in [3.8, 4) is 0 Å². The number of rotatable bonds is 6. The molecule has 2 N–H and O–H groups in total. The largest absolute Gasteiger partial charge is 0.325 e. The first-order valence-corrected chi connectivity index (χ1v) is 6.28. The van der Waals surface area contributed by atoms with E-state index in [1.165, 1.54) is 24.3 Å². The first-order valence-electron chi connectivity index (χ1n) is 4.04. The van der Waals surface area contributed by atoms with E-state index in [1.54, 1.807) is 0 Å². The number of amides is 1. The fourth-order valence-corrected chi connectivity index (χ4v) is 1.79. The molecule has 5 nitrogen and oxygen atoms in total. The van der Waals surface area contributed by atoms with Gasteiger partial charge in [-0.15, -0.1) is 4.33 Å². The Hall–Kier alpha value is -0.800. The van der Waals surface area contributed by atoms with Crippen molar-refractivity contribution < 1.29 is 23.8 Å². The Kier molecular flexibility index (Phi) is 6.19. The summed E-state index contributed by atoms with van der Waals surface area (Å²) in [5.74, 6) is -0.534. The molecule has 0 atom stereocenters. The molecule has 0 saturated heterocycles. The van der Waals surface area contributed by atoms with E-state index in [-0.39, 0.29) is 17.5 Å². The van der Waals surface area contributed by atoms with E-state index >= 15 is 0 Å². The van der Waals surface area contributed by atoms with Crippen molar-refractivity contribution in [2.45, 2.75) is 0 Å². The quantitative estimate of drug-likeness (QED) is 0.271. The maximum Gasteiger partial charge on any atom is 0.235 e. The lowest BCUT2D eigenvalue weighted by Gasteiger charge is -2.03. The van der Waals surface area contributed by atoms with E-state index in [4.69, 9.17) is 5.26 Å². The minimum atomic E-state index is -0.364. The zero-order chi connectivity index (χ0) is 11.8. The predicted octanol–water partition coefficient (Wildman–Crippen LogP) is 2.48. The van der Waals surface area contributed by atoms with Gasteiger partial charge in [-0.3, -0.25) is 4.79 Å². The van der Waals surface area contributed by atoms with Gasteiger partial charge in [0.15, 0.2) is 0 Å². The van der Waals surface area contributed by atoms with Crippen LogP contribution in [0.4, 0.5) is 10.1 Å². The summed E-state index contributed by atoms with van der Waals surface area (Å²) in [6.45, 7) is 0. The van der Waals surface area contributed by atoms with E-state index in [2.05, 4.69) is 14.7 Å². The number of benzene rings is 1. The monoisotopic (exact) mass is 265 g/mol. The molecule has 88 valence electrons. The third kappa shape index (κ3) is 5.33. The highest BCUT2D eigenvalue weighted by molar-refractivity contribution is 8.75. The molecule has 0 saturated carbocycles. The third-order valence-corrected chi connectivity index (χ3v) is 2.83. The van der Waals surface area contributed by atoms with Crippen LogP contribution in [-0.2, 0) is 14.2 Å². The number of halogens is 1. The molecular weight excluding hydrogens is 257 g/mol. The minimum Gasteiger partial charge on any atom is -0.325 e. The minimum absolute atomic E-state index is 0.103. The number of anilines is 1. The molecular formula is C8H8FNO4S2. The van der Waals surface area contributed by atoms with Crippen LogP contribution in [0, 0.1) is 5.82 Å². The summed E-state index contributed by atoms with van der Waals surface area (Å²) in [5, 5.41) is 13.7. The summed E-state index contributed by atoms with van der Waals surface area (Å²) >= 11 is 0.718. The Labute approximate surface area is 98.8 Å². The normalized spacial score (nSPS) is 10.1. The van der Waals surface area contributed by atoms with Crippen LogP contribution in [0.15, 0.2) is 24.3 Å². The second-order valence-corrected chi connectivity index (χ2v) is 4.44. The van der Waals surface area contributed by atoms with Gasteiger partial charge in [0.25, 0.3) is 0 Å². The Balaban J connectivity index is 2.26. The summed E-state index contributed by atoms with van der Waals surface area (Å²) in [7, 11) is 1.03. The van der Waals surface area contributed by atoms with E-state index in [0.29, 0.717) is 5.69 Å². The maximum atomic E-state index is 12.5. The van der Waals surface area contributed by atoms with Gasteiger partial charge in [0.1, 0.15) is 16.9 Å². The standard InChI is InChI=1S/C8H8FNO4S2/c9-6-1-3-7(4-2-6)10-8(11)5-15-16-14-13-12/h1-4,12H,5H2,(H,10,11). The lowest BCUT2D eigenvalue weighted by molar-refractivity contribution is -0.431. The van der Waals surface area contributed by atoms with Crippen LogP contribution in [0.1, 0.15) is 0 Å². The molecule has 8 heteroatoms. The number of hydrogen-bond acceptors (Lipinski definition) is 6. The first kappa shape index (κ1) is 13.3. The van der Waals surface area contributed by atoms with Crippen molar-refractivity contribution >= 4 is 33.5 Å². The average Bonchev–Trinajstić information content (AvgIpc) is 2.28. The fourth-order valence-electron chi connectivity index (χ4n) is 0.840. The van der Waals surface area contributed by atoms with Gasteiger partial charge < -0.3 is 5.32 Å². The second kappa shape index (κ2) is 7.47. The lowest BCUT2D eigenvalue weighted by Crippen LogP contribution is -2.13. The van der Waals surface area contributed by atoms with Gasteiger partial charge in [-0.25, -0.2) is 9.65 Å². The Morgan fingerprint density at radius 2 is 2.12 bits per heavy atom. The summed E-state index contributed by atoms with van der Waals surface area (Å²) in [5.41, 5.74) is 0.510. The fraction of sp³-hybridized carbons (Fsp3) is 0.125. The van der Waals surface area contributed by atoms with Crippen molar-refractivity contribution in [1.82, 2.24) is 0 Å². The van der Waals surface area contributed by atoms with Crippen LogP contribution in [-0.4, -0.2) is 16.9 Å². The van der Waals surface area contributed by atoms with Gasteiger partial charge in [0.2, 0.25) is 5.91 Å². The highest BCUT2D eigenvalue weighted by atomic mass is 33.1. The molecule has 1 aromatic rings. The van der Waals surface area contributed by atoms with Gasteiger partial charge in [-0.1, -0.05) is 15.8 Å². The summed E-state index contributed by atoms with van der Waals surface area (Å²) < 4.78 is 16.6. The molecule has 0 bridgehead atoms. The molecule has 0 heterocycles. The molecule has 0 aliphatic rings. The third-order valence-electron chi connectivity index (χ3n) is 1.42. The number of hydrogen-bond donors (Lipinski definition) is 2. The molecule has 0 radical (unpaired) electrons.